The number of aryl methyl sites for hydroxylation is 2. The normalized spacial score (nSPS) is 19.1. The lowest BCUT2D eigenvalue weighted by Crippen LogP contribution is -2.42. The maximum atomic E-state index is 13.2. The Labute approximate surface area is 199 Å². The molecule has 2 fully saturated rings. The molecule has 0 bridgehead atoms. The predicted molar refractivity (Wildman–Crippen MR) is 129 cm³/mol. The molecule has 0 saturated carbocycles. The van der Waals surface area contributed by atoms with E-state index in [1.807, 2.05) is 68.1 Å². The molecule has 2 aliphatic heterocycles. The Morgan fingerprint density at radius 3 is 2.50 bits per heavy atom. The third kappa shape index (κ3) is 4.22. The minimum absolute atomic E-state index is 0.0253. The first-order valence-electron chi connectivity index (χ1n) is 12.0. The molecule has 2 amide bonds. The maximum absolute atomic E-state index is 13.2. The van der Waals surface area contributed by atoms with Crippen LogP contribution in [0.5, 0.6) is 0 Å². The number of rotatable bonds is 4. The number of amides is 2. The Kier molecular flexibility index (Phi) is 5.94. The first-order valence-corrected chi connectivity index (χ1v) is 12.0. The van der Waals surface area contributed by atoms with E-state index in [1.54, 1.807) is 4.90 Å². The van der Waals surface area contributed by atoms with Crippen LogP contribution in [0, 0.1) is 26.7 Å². The first kappa shape index (κ1) is 22.3. The maximum Gasteiger partial charge on any atom is 0.257 e. The van der Waals surface area contributed by atoms with Crippen molar-refractivity contribution in [2.45, 2.75) is 46.0 Å². The number of benzene rings is 2. The van der Waals surface area contributed by atoms with E-state index in [0.29, 0.717) is 31.3 Å². The van der Waals surface area contributed by atoms with Crippen LogP contribution < -0.4 is 4.90 Å². The molecular weight excluding hydrogens is 428 g/mol. The van der Waals surface area contributed by atoms with Gasteiger partial charge in [-0.05, 0) is 62.9 Å². The van der Waals surface area contributed by atoms with Gasteiger partial charge >= 0.3 is 0 Å². The van der Waals surface area contributed by atoms with Gasteiger partial charge in [0.15, 0.2) is 5.82 Å². The lowest BCUT2D eigenvalue weighted by Gasteiger charge is -2.32. The van der Waals surface area contributed by atoms with Crippen molar-refractivity contribution in [1.82, 2.24) is 15.0 Å². The zero-order valence-electron chi connectivity index (χ0n) is 20.0. The van der Waals surface area contributed by atoms with Gasteiger partial charge in [0.2, 0.25) is 11.8 Å². The number of carbonyl (C=O) groups excluding carboxylic acids is 2. The van der Waals surface area contributed by atoms with E-state index < -0.39 is 0 Å². The second kappa shape index (κ2) is 9.05. The monoisotopic (exact) mass is 458 g/mol. The van der Waals surface area contributed by atoms with Crippen LogP contribution >= 0.6 is 0 Å². The highest BCUT2D eigenvalue weighted by Crippen LogP contribution is 2.32. The second-order valence-electron chi connectivity index (χ2n) is 9.55. The van der Waals surface area contributed by atoms with Crippen LogP contribution in [0.15, 0.2) is 47.0 Å². The fourth-order valence-corrected chi connectivity index (χ4v) is 4.96. The lowest BCUT2D eigenvalue weighted by molar-refractivity contribution is -0.136. The zero-order chi connectivity index (χ0) is 23.8. The Morgan fingerprint density at radius 2 is 1.76 bits per heavy atom. The minimum atomic E-state index is -0.290. The summed E-state index contributed by atoms with van der Waals surface area (Å²) in [6.45, 7) is 7.85. The molecule has 176 valence electrons. The van der Waals surface area contributed by atoms with Gasteiger partial charge in [-0.25, -0.2) is 0 Å². The summed E-state index contributed by atoms with van der Waals surface area (Å²) in [4.78, 5) is 34.3. The molecule has 3 aromatic rings. The molecule has 7 heteroatoms. The molecule has 0 aliphatic carbocycles. The number of aromatic nitrogens is 2. The van der Waals surface area contributed by atoms with Crippen molar-refractivity contribution in [2.24, 2.45) is 5.92 Å². The summed E-state index contributed by atoms with van der Waals surface area (Å²) in [6.07, 6.45) is 1.86. The highest BCUT2D eigenvalue weighted by Gasteiger charge is 2.39. The van der Waals surface area contributed by atoms with Gasteiger partial charge < -0.3 is 14.3 Å². The summed E-state index contributed by atoms with van der Waals surface area (Å²) in [5.74, 6) is 1.22. The van der Waals surface area contributed by atoms with Crippen molar-refractivity contribution in [1.29, 1.82) is 0 Å². The number of likely N-dealkylation sites (tertiary alicyclic amines) is 1. The van der Waals surface area contributed by atoms with E-state index >= 15 is 0 Å². The summed E-state index contributed by atoms with van der Waals surface area (Å²) in [6, 6.07) is 14.0. The average molecular weight is 459 g/mol. The third-order valence-corrected chi connectivity index (χ3v) is 7.25. The molecule has 5 rings (SSSR count). The zero-order valence-corrected chi connectivity index (χ0v) is 20.0. The van der Waals surface area contributed by atoms with E-state index in [1.165, 1.54) is 5.56 Å². The topological polar surface area (TPSA) is 79.5 Å². The third-order valence-electron chi connectivity index (χ3n) is 7.25. The quantitative estimate of drug-likeness (QED) is 0.578. The summed E-state index contributed by atoms with van der Waals surface area (Å²) in [5.41, 5.74) is 5.25. The largest absolute Gasteiger partial charge is 0.342 e. The van der Waals surface area contributed by atoms with Crippen molar-refractivity contribution >= 4 is 17.5 Å². The molecule has 0 radical (unpaired) electrons. The molecule has 2 aliphatic rings. The number of carbonyl (C=O) groups is 2. The number of hydrogen-bond acceptors (Lipinski definition) is 5. The molecule has 1 aromatic heterocycles. The minimum Gasteiger partial charge on any atom is -0.342 e. The molecule has 3 heterocycles. The summed E-state index contributed by atoms with van der Waals surface area (Å²) in [7, 11) is 0. The lowest BCUT2D eigenvalue weighted by atomic mass is 9.95. The van der Waals surface area contributed by atoms with Gasteiger partial charge in [0.25, 0.3) is 5.89 Å². The molecule has 2 aromatic carbocycles. The van der Waals surface area contributed by atoms with Gasteiger partial charge in [-0.3, -0.25) is 9.59 Å². The van der Waals surface area contributed by atoms with Crippen LogP contribution in [-0.4, -0.2) is 46.5 Å². The number of nitrogens with zero attached hydrogens (tertiary/aromatic N) is 4. The van der Waals surface area contributed by atoms with Gasteiger partial charge in [0.1, 0.15) is 0 Å². The highest BCUT2D eigenvalue weighted by atomic mass is 16.5. The Bertz CT molecular complexity index is 1210. The van der Waals surface area contributed by atoms with Crippen LogP contribution in [0.3, 0.4) is 0 Å². The number of anilines is 1. The van der Waals surface area contributed by atoms with Crippen LogP contribution in [0.2, 0.25) is 0 Å². The second-order valence-corrected chi connectivity index (χ2v) is 9.55. The molecule has 2 saturated heterocycles. The van der Waals surface area contributed by atoms with Crippen molar-refractivity contribution in [2.75, 3.05) is 24.5 Å². The van der Waals surface area contributed by atoms with Gasteiger partial charge in [-0.1, -0.05) is 35.0 Å². The van der Waals surface area contributed by atoms with E-state index in [2.05, 4.69) is 10.1 Å². The van der Waals surface area contributed by atoms with Gasteiger partial charge in [0.05, 0.1) is 5.92 Å². The molecule has 1 unspecified atom stereocenters. The fourth-order valence-electron chi connectivity index (χ4n) is 4.96. The molecule has 0 N–H and O–H groups in total. The van der Waals surface area contributed by atoms with Crippen molar-refractivity contribution in [3.63, 3.8) is 0 Å². The van der Waals surface area contributed by atoms with Crippen LogP contribution in [-0.2, 0) is 9.59 Å². The number of piperidine rings is 1. The Morgan fingerprint density at radius 1 is 1.03 bits per heavy atom. The average Bonchev–Trinajstić information content (AvgIpc) is 3.48. The summed E-state index contributed by atoms with van der Waals surface area (Å²) in [5, 5.41) is 4.21. The van der Waals surface area contributed by atoms with Gasteiger partial charge in [-0.15, -0.1) is 0 Å². The number of hydrogen-bond donors (Lipinski definition) is 0. The SMILES string of the molecule is Cc1ccc(-c2nc(C3CCN(C(=O)C4CC(=O)N(c5cccc(C)c5C)C4)CC3)no2)cc1. The van der Waals surface area contributed by atoms with Crippen molar-refractivity contribution in [3.8, 4) is 11.5 Å². The van der Waals surface area contributed by atoms with Crippen LogP contribution in [0.4, 0.5) is 5.69 Å². The van der Waals surface area contributed by atoms with Crippen molar-refractivity contribution in [3.05, 3.63) is 65.0 Å². The standard InChI is InChI=1S/C27H30N4O3/c1-17-7-9-21(10-8-17)26-28-25(29-34-26)20-11-13-30(14-12-20)27(33)22-15-24(32)31(16-22)23-6-4-5-18(2)19(23)3/h4-10,20,22H,11-16H2,1-3H3. The van der Waals surface area contributed by atoms with Gasteiger partial charge in [0, 0.05) is 43.2 Å². The van der Waals surface area contributed by atoms with Crippen LogP contribution in [0.1, 0.15) is 47.7 Å². The first-order chi connectivity index (χ1) is 16.4. The smallest absolute Gasteiger partial charge is 0.257 e. The fraction of sp³-hybridized carbons (Fsp3) is 0.407. The molecule has 0 spiro atoms. The van der Waals surface area contributed by atoms with E-state index in [0.717, 1.165) is 35.2 Å². The van der Waals surface area contributed by atoms with Crippen molar-refractivity contribution < 1.29 is 14.1 Å². The summed E-state index contributed by atoms with van der Waals surface area (Å²) >= 11 is 0. The highest BCUT2D eigenvalue weighted by molar-refractivity contribution is 6.01. The molecule has 1 atom stereocenters. The molecule has 7 nitrogen and oxygen atoms in total. The summed E-state index contributed by atoms with van der Waals surface area (Å²) < 4.78 is 5.50. The molecular formula is C27H30N4O3. The molecule has 34 heavy (non-hydrogen) atoms. The van der Waals surface area contributed by atoms with Crippen LogP contribution in [0.25, 0.3) is 11.5 Å². The Balaban J connectivity index is 1.20. The predicted octanol–water partition coefficient (Wildman–Crippen LogP) is 4.42. The Hall–Kier alpha value is -3.48. The van der Waals surface area contributed by atoms with E-state index in [9.17, 15) is 9.59 Å². The van der Waals surface area contributed by atoms with E-state index in [4.69, 9.17) is 4.52 Å². The van der Waals surface area contributed by atoms with Gasteiger partial charge in [-0.2, -0.15) is 4.98 Å². The van der Waals surface area contributed by atoms with E-state index in [-0.39, 0.29) is 30.1 Å².